The Balaban J connectivity index is 2.08. The molecule has 0 saturated carbocycles. The lowest BCUT2D eigenvalue weighted by Gasteiger charge is -2.40. The molecule has 2 aliphatic rings. The second kappa shape index (κ2) is 5.00. The predicted molar refractivity (Wildman–Crippen MR) is 73.7 cm³/mol. The monoisotopic (exact) mass is 288 g/mol. The summed E-state index contributed by atoms with van der Waals surface area (Å²) in [6.07, 6.45) is 2.29. The van der Waals surface area contributed by atoms with Crippen LogP contribution in [0.2, 0.25) is 0 Å². The van der Waals surface area contributed by atoms with Gasteiger partial charge < -0.3 is 14.9 Å². The number of fused-ring (bicyclic) bond motifs is 2. The minimum Gasteiger partial charge on any atom is -0.508 e. The van der Waals surface area contributed by atoms with E-state index in [9.17, 15) is 19.8 Å². The summed E-state index contributed by atoms with van der Waals surface area (Å²) in [5.74, 6) is -1.70. The van der Waals surface area contributed by atoms with E-state index in [2.05, 4.69) is 0 Å². The summed E-state index contributed by atoms with van der Waals surface area (Å²) >= 11 is 0. The first-order valence-corrected chi connectivity index (χ1v) is 6.88. The SMILES string of the molecule is CC(=O)O[C@H]1C=CC[C@@H]2C(=O)c3cccc(O)c3[C@@H](O)[C@H]12. The van der Waals surface area contributed by atoms with Crippen molar-refractivity contribution < 1.29 is 24.5 Å². The third-order valence-electron chi connectivity index (χ3n) is 4.21. The second-order valence-corrected chi connectivity index (χ2v) is 5.47. The van der Waals surface area contributed by atoms with Gasteiger partial charge in [-0.05, 0) is 18.6 Å². The van der Waals surface area contributed by atoms with E-state index in [1.165, 1.54) is 13.0 Å². The van der Waals surface area contributed by atoms with Crippen LogP contribution in [0, 0.1) is 11.8 Å². The van der Waals surface area contributed by atoms with Crippen molar-refractivity contribution >= 4 is 11.8 Å². The Morgan fingerprint density at radius 3 is 2.86 bits per heavy atom. The fourth-order valence-corrected chi connectivity index (χ4v) is 3.34. The van der Waals surface area contributed by atoms with Gasteiger partial charge >= 0.3 is 5.97 Å². The van der Waals surface area contributed by atoms with Crippen molar-refractivity contribution in [1.82, 2.24) is 0 Å². The highest BCUT2D eigenvalue weighted by Gasteiger charge is 2.47. The normalized spacial score (nSPS) is 30.5. The number of carbonyl (C=O) groups excluding carboxylic acids is 2. The van der Waals surface area contributed by atoms with E-state index in [0.29, 0.717) is 12.0 Å². The number of aromatic hydroxyl groups is 1. The van der Waals surface area contributed by atoms with Crippen LogP contribution in [-0.2, 0) is 9.53 Å². The average Bonchev–Trinajstić information content (AvgIpc) is 2.43. The Hall–Kier alpha value is -2.14. The van der Waals surface area contributed by atoms with Gasteiger partial charge in [-0.25, -0.2) is 0 Å². The van der Waals surface area contributed by atoms with Gasteiger partial charge in [-0.15, -0.1) is 0 Å². The predicted octanol–water partition coefficient (Wildman–Crippen LogP) is 1.75. The van der Waals surface area contributed by atoms with Crippen molar-refractivity contribution in [2.45, 2.75) is 25.6 Å². The van der Waals surface area contributed by atoms with Crippen molar-refractivity contribution in [2.75, 3.05) is 0 Å². The summed E-state index contributed by atoms with van der Waals surface area (Å²) in [5, 5.41) is 20.6. The molecule has 1 aromatic rings. The molecule has 0 spiro atoms. The molecule has 0 amide bonds. The van der Waals surface area contributed by atoms with Gasteiger partial charge in [0.25, 0.3) is 0 Å². The van der Waals surface area contributed by atoms with Crippen LogP contribution in [0.4, 0.5) is 0 Å². The lowest BCUT2D eigenvalue weighted by Crippen LogP contribution is -2.44. The van der Waals surface area contributed by atoms with E-state index in [1.807, 2.05) is 0 Å². The number of esters is 1. The van der Waals surface area contributed by atoms with E-state index >= 15 is 0 Å². The van der Waals surface area contributed by atoms with Crippen LogP contribution in [0.5, 0.6) is 5.75 Å². The molecule has 110 valence electrons. The molecule has 0 heterocycles. The third-order valence-corrected chi connectivity index (χ3v) is 4.21. The van der Waals surface area contributed by atoms with Gasteiger partial charge in [-0.3, -0.25) is 9.59 Å². The second-order valence-electron chi connectivity index (χ2n) is 5.47. The lowest BCUT2D eigenvalue weighted by atomic mass is 9.67. The van der Waals surface area contributed by atoms with E-state index in [0.717, 1.165) is 0 Å². The number of allylic oxidation sites excluding steroid dienone is 1. The quantitative estimate of drug-likeness (QED) is 0.607. The Kier molecular flexibility index (Phi) is 3.29. The number of rotatable bonds is 1. The largest absolute Gasteiger partial charge is 0.508 e. The van der Waals surface area contributed by atoms with Crippen molar-refractivity contribution in [2.24, 2.45) is 11.8 Å². The van der Waals surface area contributed by atoms with E-state index in [1.54, 1.807) is 24.3 Å². The summed E-state index contributed by atoms with van der Waals surface area (Å²) < 4.78 is 5.21. The minimum absolute atomic E-state index is 0.108. The van der Waals surface area contributed by atoms with Crippen LogP contribution in [0.25, 0.3) is 0 Å². The molecule has 0 aromatic heterocycles. The van der Waals surface area contributed by atoms with Crippen molar-refractivity contribution in [3.63, 3.8) is 0 Å². The first kappa shape index (κ1) is 13.8. The molecule has 5 nitrogen and oxygen atoms in total. The number of ether oxygens (including phenoxy) is 1. The number of hydrogen-bond donors (Lipinski definition) is 2. The number of Topliss-reactive ketones (excluding diaryl/α,β-unsaturated/α-hetero) is 1. The maximum Gasteiger partial charge on any atom is 0.303 e. The number of ketones is 1. The number of phenols is 1. The summed E-state index contributed by atoms with van der Waals surface area (Å²) in [7, 11) is 0. The number of aliphatic hydroxyl groups is 1. The van der Waals surface area contributed by atoms with Gasteiger partial charge in [-0.1, -0.05) is 18.2 Å². The minimum atomic E-state index is -1.04. The molecule has 0 aliphatic heterocycles. The number of aliphatic hydroxyl groups excluding tert-OH is 1. The fraction of sp³-hybridized carbons (Fsp3) is 0.375. The van der Waals surface area contributed by atoms with E-state index < -0.39 is 30.0 Å². The summed E-state index contributed by atoms with van der Waals surface area (Å²) in [5.41, 5.74) is 0.580. The number of phenolic OH excluding ortho intramolecular Hbond substituents is 1. The summed E-state index contributed by atoms with van der Waals surface area (Å²) in [6, 6.07) is 4.63. The van der Waals surface area contributed by atoms with Crippen LogP contribution in [-0.4, -0.2) is 28.1 Å². The molecule has 1 aromatic carbocycles. The van der Waals surface area contributed by atoms with Crippen LogP contribution < -0.4 is 0 Å². The average molecular weight is 288 g/mol. The van der Waals surface area contributed by atoms with Gasteiger partial charge in [0.2, 0.25) is 0 Å². The van der Waals surface area contributed by atoms with Gasteiger partial charge in [0, 0.05) is 29.9 Å². The fourth-order valence-electron chi connectivity index (χ4n) is 3.34. The maximum atomic E-state index is 12.6. The Bertz CT molecular complexity index is 634. The smallest absolute Gasteiger partial charge is 0.303 e. The lowest BCUT2D eigenvalue weighted by molar-refractivity contribution is -0.150. The first-order chi connectivity index (χ1) is 10.0. The molecule has 0 radical (unpaired) electrons. The van der Waals surface area contributed by atoms with E-state index in [-0.39, 0.29) is 17.1 Å². The van der Waals surface area contributed by atoms with Crippen LogP contribution in [0.15, 0.2) is 30.4 Å². The molecule has 0 fully saturated rings. The zero-order valence-corrected chi connectivity index (χ0v) is 11.5. The Labute approximate surface area is 121 Å². The van der Waals surface area contributed by atoms with Gasteiger partial charge in [0.05, 0.1) is 6.10 Å². The molecule has 21 heavy (non-hydrogen) atoms. The molecular weight excluding hydrogens is 272 g/mol. The Morgan fingerprint density at radius 2 is 2.14 bits per heavy atom. The highest BCUT2D eigenvalue weighted by molar-refractivity contribution is 6.01. The maximum absolute atomic E-state index is 12.6. The zero-order chi connectivity index (χ0) is 15.1. The van der Waals surface area contributed by atoms with Crippen molar-refractivity contribution in [3.05, 3.63) is 41.5 Å². The van der Waals surface area contributed by atoms with Crippen LogP contribution in [0.1, 0.15) is 35.4 Å². The van der Waals surface area contributed by atoms with Gasteiger partial charge in [0.1, 0.15) is 11.9 Å². The number of carbonyl (C=O) groups is 2. The third kappa shape index (κ3) is 2.14. The molecule has 5 heteroatoms. The van der Waals surface area contributed by atoms with Crippen molar-refractivity contribution in [3.8, 4) is 5.75 Å². The van der Waals surface area contributed by atoms with Gasteiger partial charge in [-0.2, -0.15) is 0 Å². The highest BCUT2D eigenvalue weighted by Crippen LogP contribution is 2.47. The number of benzene rings is 1. The number of hydrogen-bond acceptors (Lipinski definition) is 5. The van der Waals surface area contributed by atoms with Crippen LogP contribution >= 0.6 is 0 Å². The van der Waals surface area contributed by atoms with E-state index in [4.69, 9.17) is 4.74 Å². The van der Waals surface area contributed by atoms with Gasteiger partial charge in [0.15, 0.2) is 5.78 Å². The molecule has 4 atom stereocenters. The van der Waals surface area contributed by atoms with Crippen molar-refractivity contribution in [1.29, 1.82) is 0 Å². The first-order valence-electron chi connectivity index (χ1n) is 6.88. The summed E-state index contributed by atoms with van der Waals surface area (Å²) in [4.78, 5) is 23.8. The topological polar surface area (TPSA) is 83.8 Å². The zero-order valence-electron chi connectivity index (χ0n) is 11.5. The molecule has 3 rings (SSSR count). The summed E-state index contributed by atoms with van der Waals surface area (Å²) in [6.45, 7) is 1.29. The molecule has 0 bridgehead atoms. The highest BCUT2D eigenvalue weighted by atomic mass is 16.5. The molecule has 2 N–H and O–H groups in total. The standard InChI is InChI=1S/C16H16O5/c1-8(17)21-12-7-3-5-10-14(12)16(20)13-9(15(10)19)4-2-6-11(13)18/h2-4,6-7,10,12,14,16,18,20H,5H2,1H3/t10-,12-,14-,16+/m0/s1. The Morgan fingerprint density at radius 1 is 1.38 bits per heavy atom. The molecule has 0 unspecified atom stereocenters. The molecule has 2 aliphatic carbocycles. The molecular formula is C16H16O5. The van der Waals surface area contributed by atoms with Crippen LogP contribution in [0.3, 0.4) is 0 Å². The molecule has 0 saturated heterocycles.